The fourth-order valence-corrected chi connectivity index (χ4v) is 7.23. The molecule has 2 aliphatic rings. The first-order chi connectivity index (χ1) is 19.6. The van der Waals surface area contributed by atoms with Crippen LogP contribution < -0.4 is 14.6 Å². The molecular formula is C32H36N4O4S. The quantitative estimate of drug-likeness (QED) is 0.288. The van der Waals surface area contributed by atoms with Crippen LogP contribution in [0.5, 0.6) is 5.75 Å². The molecule has 0 unspecified atom stereocenters. The van der Waals surface area contributed by atoms with Gasteiger partial charge in [0, 0.05) is 25.2 Å². The van der Waals surface area contributed by atoms with Gasteiger partial charge < -0.3 is 4.74 Å². The summed E-state index contributed by atoms with van der Waals surface area (Å²) in [5.74, 6) is 0.652. The van der Waals surface area contributed by atoms with Crippen LogP contribution in [-0.2, 0) is 10.0 Å². The van der Waals surface area contributed by atoms with Crippen LogP contribution in [0.25, 0.3) is 16.6 Å². The van der Waals surface area contributed by atoms with Crippen molar-refractivity contribution >= 4 is 26.6 Å². The molecule has 1 saturated heterocycles. The van der Waals surface area contributed by atoms with Gasteiger partial charge in [0.05, 0.1) is 27.2 Å². The maximum absolute atomic E-state index is 13.8. The topological polar surface area (TPSA) is 84.7 Å². The molecule has 3 aromatic carbocycles. The number of fused-ring (bicyclic) bond motifs is 1. The number of anilines is 1. The van der Waals surface area contributed by atoms with Gasteiger partial charge in [0.15, 0.2) is 0 Å². The second-order valence-electron chi connectivity index (χ2n) is 11.5. The Morgan fingerprint density at radius 3 is 2.41 bits per heavy atom. The lowest BCUT2D eigenvalue weighted by molar-refractivity contribution is 0.187. The number of benzene rings is 3. The average molecular weight is 573 g/mol. The highest BCUT2D eigenvalue weighted by Gasteiger charge is 2.38. The van der Waals surface area contributed by atoms with Crippen molar-refractivity contribution in [2.24, 2.45) is 0 Å². The van der Waals surface area contributed by atoms with Crippen LogP contribution >= 0.6 is 0 Å². The Morgan fingerprint density at radius 1 is 0.976 bits per heavy atom. The lowest BCUT2D eigenvalue weighted by Gasteiger charge is -2.25. The summed E-state index contributed by atoms with van der Waals surface area (Å²) in [7, 11) is -3.78. The largest absolute Gasteiger partial charge is 0.489 e. The molecule has 1 aromatic heterocycles. The van der Waals surface area contributed by atoms with Gasteiger partial charge >= 0.3 is 0 Å². The summed E-state index contributed by atoms with van der Waals surface area (Å²) in [6.07, 6.45) is 4.14. The van der Waals surface area contributed by atoms with Gasteiger partial charge in [-0.2, -0.15) is 0 Å². The van der Waals surface area contributed by atoms with Crippen molar-refractivity contribution in [1.82, 2.24) is 14.5 Å². The molecule has 6 rings (SSSR count). The molecule has 0 bridgehead atoms. The highest BCUT2D eigenvalue weighted by Crippen LogP contribution is 2.38. The highest BCUT2D eigenvalue weighted by atomic mass is 32.2. The molecule has 1 saturated carbocycles. The van der Waals surface area contributed by atoms with E-state index in [-0.39, 0.29) is 22.6 Å². The first-order valence-electron chi connectivity index (χ1n) is 14.3. The minimum Gasteiger partial charge on any atom is -0.489 e. The Labute approximate surface area is 241 Å². The number of aromatic nitrogens is 2. The second-order valence-corrected chi connectivity index (χ2v) is 13.3. The molecule has 1 atom stereocenters. The maximum atomic E-state index is 13.8. The van der Waals surface area contributed by atoms with E-state index in [1.165, 1.54) is 15.2 Å². The molecule has 41 heavy (non-hydrogen) atoms. The molecule has 4 aromatic rings. The van der Waals surface area contributed by atoms with E-state index in [1.54, 1.807) is 24.3 Å². The minimum absolute atomic E-state index is 0.0801. The van der Waals surface area contributed by atoms with Gasteiger partial charge in [-0.05, 0) is 95.0 Å². The zero-order valence-electron chi connectivity index (χ0n) is 23.9. The van der Waals surface area contributed by atoms with E-state index in [0.29, 0.717) is 34.1 Å². The number of hydrogen-bond donors (Lipinski definition) is 0. The number of rotatable bonds is 8. The number of hydrogen-bond acceptors (Lipinski definition) is 6. The van der Waals surface area contributed by atoms with E-state index in [2.05, 4.69) is 23.7 Å². The first kappa shape index (κ1) is 27.5. The van der Waals surface area contributed by atoms with Crippen molar-refractivity contribution in [3.05, 3.63) is 88.5 Å². The van der Waals surface area contributed by atoms with Crippen LogP contribution in [0.3, 0.4) is 0 Å². The average Bonchev–Trinajstić information content (AvgIpc) is 3.66. The Kier molecular flexibility index (Phi) is 7.11. The highest BCUT2D eigenvalue weighted by molar-refractivity contribution is 7.92. The van der Waals surface area contributed by atoms with E-state index >= 15 is 0 Å². The summed E-state index contributed by atoms with van der Waals surface area (Å²) in [6.45, 7) is 10.1. The third-order valence-corrected chi connectivity index (χ3v) is 10.00. The second kappa shape index (κ2) is 10.6. The van der Waals surface area contributed by atoms with Crippen LogP contribution in [0.4, 0.5) is 5.69 Å². The fraction of sp³-hybridized carbons (Fsp3) is 0.375. The van der Waals surface area contributed by atoms with Crippen LogP contribution in [0, 0.1) is 13.8 Å². The molecule has 0 radical (unpaired) electrons. The predicted octanol–water partition coefficient (Wildman–Crippen LogP) is 5.22. The van der Waals surface area contributed by atoms with E-state index in [1.807, 2.05) is 50.2 Å². The van der Waals surface area contributed by atoms with E-state index in [0.717, 1.165) is 43.5 Å². The van der Waals surface area contributed by atoms with Crippen molar-refractivity contribution in [3.63, 3.8) is 0 Å². The number of ether oxygens (including phenoxy) is 1. The molecule has 8 nitrogen and oxygen atoms in total. The SMILES string of the molecule is Cc1ccc(S(=O)(=O)N(c2ccc(C)c(-n3cnc4ccc(O[C@H]5CCN(C(C)C)C5)cc4c3=O)c2)C2CC2)cc1. The summed E-state index contributed by atoms with van der Waals surface area (Å²) in [5, 5.41) is 0.458. The van der Waals surface area contributed by atoms with Crippen molar-refractivity contribution < 1.29 is 13.2 Å². The Bertz CT molecular complexity index is 1760. The van der Waals surface area contributed by atoms with E-state index in [4.69, 9.17) is 4.74 Å². The van der Waals surface area contributed by atoms with E-state index in [9.17, 15) is 13.2 Å². The molecule has 1 aliphatic carbocycles. The molecule has 0 amide bonds. The summed E-state index contributed by atoms with van der Waals surface area (Å²) in [6, 6.07) is 18.2. The number of likely N-dealkylation sites (tertiary alicyclic amines) is 1. The molecular weight excluding hydrogens is 536 g/mol. The van der Waals surface area contributed by atoms with Crippen molar-refractivity contribution in [3.8, 4) is 11.4 Å². The van der Waals surface area contributed by atoms with Gasteiger partial charge in [-0.3, -0.25) is 18.6 Å². The summed E-state index contributed by atoms with van der Waals surface area (Å²) >= 11 is 0. The number of aryl methyl sites for hydroxylation is 2. The summed E-state index contributed by atoms with van der Waals surface area (Å²) in [4.78, 5) is 21.0. The summed E-state index contributed by atoms with van der Waals surface area (Å²) < 4.78 is 36.8. The standard InChI is InChI=1S/C32H36N4O4S/c1-21(2)34-16-15-27(19-34)40-26-11-14-30-29(18-26)32(37)35(20-33-30)31-17-25(8-7-23(31)4)36(24-9-10-24)41(38,39)28-12-5-22(3)6-13-28/h5-8,11-14,17-18,20-21,24,27H,9-10,15-16,19H2,1-4H3/t27-/m0/s1. The summed E-state index contributed by atoms with van der Waals surface area (Å²) in [5.41, 5.74) is 3.33. The maximum Gasteiger partial charge on any atom is 0.265 e. The van der Waals surface area contributed by atoms with Crippen molar-refractivity contribution in [2.75, 3.05) is 17.4 Å². The lowest BCUT2D eigenvalue weighted by atomic mass is 10.1. The van der Waals surface area contributed by atoms with Gasteiger partial charge in [0.1, 0.15) is 18.2 Å². The van der Waals surface area contributed by atoms with Crippen LogP contribution in [-0.4, -0.2) is 54.1 Å². The van der Waals surface area contributed by atoms with Crippen LogP contribution in [0.1, 0.15) is 44.2 Å². The minimum atomic E-state index is -3.78. The van der Waals surface area contributed by atoms with Gasteiger partial charge in [-0.15, -0.1) is 0 Å². The molecule has 0 N–H and O–H groups in total. The predicted molar refractivity (Wildman–Crippen MR) is 162 cm³/mol. The van der Waals surface area contributed by atoms with Crippen molar-refractivity contribution in [1.29, 1.82) is 0 Å². The molecule has 9 heteroatoms. The van der Waals surface area contributed by atoms with Crippen molar-refractivity contribution in [2.45, 2.75) is 70.0 Å². The van der Waals surface area contributed by atoms with E-state index < -0.39 is 10.0 Å². The monoisotopic (exact) mass is 572 g/mol. The molecule has 1 aliphatic heterocycles. The molecule has 2 heterocycles. The Balaban J connectivity index is 1.36. The first-order valence-corrected chi connectivity index (χ1v) is 15.7. The third-order valence-electron chi connectivity index (χ3n) is 8.10. The Hall–Kier alpha value is -3.69. The number of sulfonamides is 1. The molecule has 214 valence electrons. The smallest absolute Gasteiger partial charge is 0.265 e. The van der Waals surface area contributed by atoms with Gasteiger partial charge in [0.2, 0.25) is 0 Å². The normalized spacial score (nSPS) is 17.8. The van der Waals surface area contributed by atoms with Gasteiger partial charge in [-0.1, -0.05) is 23.8 Å². The van der Waals surface area contributed by atoms with Crippen LogP contribution in [0.15, 0.2) is 76.7 Å². The molecule has 0 spiro atoms. The van der Waals surface area contributed by atoms with Gasteiger partial charge in [0.25, 0.3) is 15.6 Å². The number of nitrogens with zero attached hydrogens (tertiary/aromatic N) is 4. The lowest BCUT2D eigenvalue weighted by Crippen LogP contribution is -2.33. The Morgan fingerprint density at radius 2 is 1.73 bits per heavy atom. The zero-order chi connectivity index (χ0) is 28.9. The zero-order valence-corrected chi connectivity index (χ0v) is 24.8. The molecule has 2 fully saturated rings. The third kappa shape index (κ3) is 5.36. The fourth-order valence-electron chi connectivity index (χ4n) is 5.53. The van der Waals surface area contributed by atoms with Gasteiger partial charge in [-0.25, -0.2) is 13.4 Å². The van der Waals surface area contributed by atoms with Crippen LogP contribution in [0.2, 0.25) is 0 Å².